The molecule has 3 rings (SSSR count). The average molecular weight is 382 g/mol. The van der Waals surface area contributed by atoms with Gasteiger partial charge in [0.05, 0.1) is 7.11 Å². The third kappa shape index (κ3) is 5.06. The van der Waals surface area contributed by atoms with E-state index in [2.05, 4.69) is 20.4 Å². The van der Waals surface area contributed by atoms with E-state index in [0.717, 1.165) is 30.6 Å². The van der Waals surface area contributed by atoms with Gasteiger partial charge in [0, 0.05) is 24.7 Å². The molecule has 0 unspecified atom stereocenters. The maximum Gasteiger partial charge on any atom is 0.260 e. The van der Waals surface area contributed by atoms with Crippen molar-refractivity contribution in [3.63, 3.8) is 0 Å². The number of carbonyl (C=O) groups is 1. The van der Waals surface area contributed by atoms with Crippen LogP contribution in [0.25, 0.3) is 11.4 Å². The molecular formula is C20H22N4O4. The number of aromatic nitrogens is 3. The number of pyridine rings is 1. The number of nitrogens with zero attached hydrogens (tertiary/aromatic N) is 2. The second kappa shape index (κ2) is 9.50. The molecule has 2 N–H and O–H groups in total. The Morgan fingerprint density at radius 2 is 2.00 bits per heavy atom. The number of amides is 1. The van der Waals surface area contributed by atoms with Gasteiger partial charge in [0.1, 0.15) is 11.3 Å². The number of methoxy groups -OCH3 is 1. The van der Waals surface area contributed by atoms with Crippen molar-refractivity contribution < 1.29 is 14.1 Å². The maximum absolute atomic E-state index is 11.9. The van der Waals surface area contributed by atoms with Crippen LogP contribution in [-0.4, -0.2) is 34.7 Å². The molecule has 0 aliphatic heterocycles. The molecule has 1 amide bonds. The quantitative estimate of drug-likeness (QED) is 0.551. The Kier molecular flexibility index (Phi) is 6.56. The Hall–Kier alpha value is -3.42. The van der Waals surface area contributed by atoms with Crippen molar-refractivity contribution in [2.24, 2.45) is 0 Å². The van der Waals surface area contributed by atoms with Crippen LogP contribution in [0.3, 0.4) is 0 Å². The lowest BCUT2D eigenvalue weighted by Gasteiger charge is -2.04. The van der Waals surface area contributed by atoms with Crippen LogP contribution in [-0.2, 0) is 6.42 Å². The zero-order valence-corrected chi connectivity index (χ0v) is 15.6. The van der Waals surface area contributed by atoms with Crippen molar-refractivity contribution in [2.45, 2.75) is 25.7 Å². The molecule has 0 aliphatic carbocycles. The van der Waals surface area contributed by atoms with Crippen LogP contribution in [0.2, 0.25) is 0 Å². The van der Waals surface area contributed by atoms with Crippen molar-refractivity contribution in [1.82, 2.24) is 20.4 Å². The predicted octanol–water partition coefficient (Wildman–Crippen LogP) is 2.58. The summed E-state index contributed by atoms with van der Waals surface area (Å²) >= 11 is 0. The van der Waals surface area contributed by atoms with E-state index in [0.29, 0.717) is 24.7 Å². The van der Waals surface area contributed by atoms with Gasteiger partial charge in [-0.1, -0.05) is 11.6 Å². The summed E-state index contributed by atoms with van der Waals surface area (Å²) in [5.74, 6) is 1.56. The van der Waals surface area contributed by atoms with Gasteiger partial charge >= 0.3 is 0 Å². The molecule has 2 aromatic heterocycles. The average Bonchev–Trinajstić information content (AvgIpc) is 3.19. The Morgan fingerprint density at radius 1 is 1.18 bits per heavy atom. The molecule has 0 aliphatic rings. The van der Waals surface area contributed by atoms with Crippen LogP contribution < -0.4 is 15.6 Å². The largest absolute Gasteiger partial charge is 0.497 e. The zero-order valence-electron chi connectivity index (χ0n) is 15.6. The van der Waals surface area contributed by atoms with E-state index in [1.54, 1.807) is 13.2 Å². The minimum absolute atomic E-state index is 0.124. The highest BCUT2D eigenvalue weighted by Gasteiger charge is 2.10. The third-order valence-corrected chi connectivity index (χ3v) is 4.23. The summed E-state index contributed by atoms with van der Waals surface area (Å²) < 4.78 is 10.4. The molecule has 1 aromatic carbocycles. The van der Waals surface area contributed by atoms with Crippen molar-refractivity contribution in [3.8, 4) is 17.1 Å². The number of aryl methyl sites for hydroxylation is 1. The Morgan fingerprint density at radius 3 is 2.75 bits per heavy atom. The second-order valence-corrected chi connectivity index (χ2v) is 6.22. The van der Waals surface area contributed by atoms with Gasteiger partial charge in [-0.15, -0.1) is 0 Å². The zero-order chi connectivity index (χ0) is 19.8. The molecule has 0 saturated carbocycles. The van der Waals surface area contributed by atoms with E-state index in [1.165, 1.54) is 12.3 Å². The number of benzene rings is 1. The molecule has 0 spiro atoms. The first-order valence-electron chi connectivity index (χ1n) is 9.10. The second-order valence-electron chi connectivity index (χ2n) is 6.22. The summed E-state index contributed by atoms with van der Waals surface area (Å²) in [6.07, 6.45) is 4.74. The molecule has 146 valence electrons. The van der Waals surface area contributed by atoms with Crippen LogP contribution in [0.1, 0.15) is 35.5 Å². The van der Waals surface area contributed by atoms with Gasteiger partial charge in [0.25, 0.3) is 11.5 Å². The maximum atomic E-state index is 11.9. The Labute approximate surface area is 161 Å². The van der Waals surface area contributed by atoms with Crippen molar-refractivity contribution in [2.75, 3.05) is 13.7 Å². The van der Waals surface area contributed by atoms with Crippen LogP contribution in [0, 0.1) is 0 Å². The van der Waals surface area contributed by atoms with Gasteiger partial charge < -0.3 is 19.6 Å². The number of nitrogens with one attached hydrogen (secondary N) is 2. The lowest BCUT2D eigenvalue weighted by molar-refractivity contribution is 0.0951. The lowest BCUT2D eigenvalue weighted by Crippen LogP contribution is -2.29. The van der Waals surface area contributed by atoms with E-state index in [9.17, 15) is 9.59 Å². The summed E-state index contributed by atoms with van der Waals surface area (Å²) in [5.41, 5.74) is 0.609. The van der Waals surface area contributed by atoms with Crippen molar-refractivity contribution in [1.29, 1.82) is 0 Å². The van der Waals surface area contributed by atoms with Crippen LogP contribution in [0.15, 0.2) is 51.9 Å². The molecule has 2 heterocycles. The predicted molar refractivity (Wildman–Crippen MR) is 103 cm³/mol. The van der Waals surface area contributed by atoms with Crippen LogP contribution in [0.4, 0.5) is 0 Å². The number of aromatic amines is 1. The summed E-state index contributed by atoms with van der Waals surface area (Å²) in [6.45, 7) is 0.508. The van der Waals surface area contributed by atoms with E-state index in [-0.39, 0.29) is 17.0 Å². The molecule has 0 bridgehead atoms. The van der Waals surface area contributed by atoms with E-state index in [1.807, 2.05) is 24.3 Å². The number of rotatable bonds is 9. The van der Waals surface area contributed by atoms with Gasteiger partial charge in [0.2, 0.25) is 11.7 Å². The van der Waals surface area contributed by atoms with Gasteiger partial charge in [-0.3, -0.25) is 9.59 Å². The standard InChI is InChI=1S/C20H22N4O4/c1-27-15-10-8-14(9-11-15)18-23-17(28-24-18)7-3-2-4-12-21-19(25)16-6-5-13-22-20(16)26/h5-6,8-11,13H,2-4,7,12H2,1H3,(H,21,25)(H,22,26). The minimum atomic E-state index is -0.385. The molecule has 0 radical (unpaired) electrons. The van der Waals surface area contributed by atoms with E-state index >= 15 is 0 Å². The summed E-state index contributed by atoms with van der Waals surface area (Å²) in [7, 11) is 1.62. The molecular weight excluding hydrogens is 360 g/mol. The molecule has 3 aromatic rings. The fourth-order valence-electron chi connectivity index (χ4n) is 2.69. The highest BCUT2D eigenvalue weighted by molar-refractivity contribution is 5.93. The number of hydrogen-bond acceptors (Lipinski definition) is 6. The summed E-state index contributed by atoms with van der Waals surface area (Å²) in [6, 6.07) is 10.6. The van der Waals surface area contributed by atoms with Gasteiger partial charge in [0.15, 0.2) is 0 Å². The Balaban J connectivity index is 1.38. The van der Waals surface area contributed by atoms with Crippen LogP contribution in [0.5, 0.6) is 5.75 Å². The molecule has 28 heavy (non-hydrogen) atoms. The highest BCUT2D eigenvalue weighted by Crippen LogP contribution is 2.20. The van der Waals surface area contributed by atoms with E-state index < -0.39 is 0 Å². The third-order valence-electron chi connectivity index (χ3n) is 4.23. The fraction of sp³-hybridized carbons (Fsp3) is 0.300. The minimum Gasteiger partial charge on any atom is -0.497 e. The van der Waals surface area contributed by atoms with Gasteiger partial charge in [-0.2, -0.15) is 4.98 Å². The first-order chi connectivity index (χ1) is 13.7. The van der Waals surface area contributed by atoms with Gasteiger partial charge in [-0.05, 0) is 49.2 Å². The first-order valence-corrected chi connectivity index (χ1v) is 9.10. The summed E-state index contributed by atoms with van der Waals surface area (Å²) in [5, 5.41) is 6.76. The first kappa shape index (κ1) is 19.3. The molecule has 0 atom stereocenters. The summed E-state index contributed by atoms with van der Waals surface area (Å²) in [4.78, 5) is 30.4. The number of unbranched alkanes of at least 4 members (excludes halogenated alkanes) is 2. The lowest BCUT2D eigenvalue weighted by atomic mass is 10.2. The topological polar surface area (TPSA) is 110 Å². The fourth-order valence-corrected chi connectivity index (χ4v) is 2.69. The molecule has 0 fully saturated rings. The number of H-pyrrole nitrogens is 1. The van der Waals surface area contributed by atoms with Gasteiger partial charge in [-0.25, -0.2) is 0 Å². The Bertz CT molecular complexity index is 963. The number of carbonyl (C=O) groups excluding carboxylic acids is 1. The van der Waals surface area contributed by atoms with Crippen molar-refractivity contribution >= 4 is 5.91 Å². The van der Waals surface area contributed by atoms with Crippen molar-refractivity contribution in [3.05, 3.63) is 64.4 Å². The number of ether oxygens (including phenoxy) is 1. The highest BCUT2D eigenvalue weighted by atomic mass is 16.5. The molecule has 8 heteroatoms. The molecule has 0 saturated heterocycles. The van der Waals surface area contributed by atoms with Crippen LogP contribution >= 0.6 is 0 Å². The molecule has 8 nitrogen and oxygen atoms in total. The smallest absolute Gasteiger partial charge is 0.260 e. The normalized spacial score (nSPS) is 10.6. The SMILES string of the molecule is COc1ccc(-c2noc(CCCCCNC(=O)c3ccc[nH]c3=O)n2)cc1. The number of hydrogen-bond donors (Lipinski definition) is 2. The monoisotopic (exact) mass is 382 g/mol. The van der Waals surface area contributed by atoms with E-state index in [4.69, 9.17) is 9.26 Å².